The molecule has 0 radical (unpaired) electrons. The summed E-state index contributed by atoms with van der Waals surface area (Å²) in [5.41, 5.74) is 2.66. The van der Waals surface area contributed by atoms with Gasteiger partial charge in [-0.3, -0.25) is 0 Å². The quantitative estimate of drug-likeness (QED) is 0.574. The standard InChI is InChI=1S/C14H14N6OS/c1-9-7-10(2)19(18-9)13-16-17-14(22)20(13)15-8-11-3-5-12(21)6-4-11/h3-8,21H,1-2H3,(H,17,22)/b15-8+. The first-order chi connectivity index (χ1) is 10.5. The Kier molecular flexibility index (Phi) is 3.60. The second-order valence-corrected chi connectivity index (χ2v) is 5.20. The summed E-state index contributed by atoms with van der Waals surface area (Å²) >= 11 is 5.21. The van der Waals surface area contributed by atoms with Gasteiger partial charge in [-0.1, -0.05) is 0 Å². The summed E-state index contributed by atoms with van der Waals surface area (Å²) in [4.78, 5) is 0. The van der Waals surface area contributed by atoms with E-state index in [1.165, 1.54) is 4.68 Å². The van der Waals surface area contributed by atoms with Crippen LogP contribution >= 0.6 is 12.2 Å². The number of hydrogen-bond donors (Lipinski definition) is 2. The van der Waals surface area contributed by atoms with Gasteiger partial charge in [-0.05, 0) is 62.0 Å². The van der Waals surface area contributed by atoms with Crippen LogP contribution < -0.4 is 0 Å². The third-order valence-corrected chi connectivity index (χ3v) is 3.31. The van der Waals surface area contributed by atoms with E-state index in [1.54, 1.807) is 35.2 Å². The number of aryl methyl sites for hydroxylation is 2. The van der Waals surface area contributed by atoms with Crippen LogP contribution in [0.3, 0.4) is 0 Å². The van der Waals surface area contributed by atoms with Crippen molar-refractivity contribution in [1.82, 2.24) is 24.7 Å². The lowest BCUT2D eigenvalue weighted by Crippen LogP contribution is -2.07. The van der Waals surface area contributed by atoms with E-state index in [0.29, 0.717) is 10.7 Å². The third kappa shape index (κ3) is 2.68. The molecule has 0 saturated carbocycles. The van der Waals surface area contributed by atoms with E-state index in [1.807, 2.05) is 19.9 Å². The minimum absolute atomic E-state index is 0.209. The molecule has 0 aliphatic heterocycles. The SMILES string of the molecule is Cc1cc(C)n(-c2n[nH]c(=S)n2/N=C/c2ccc(O)cc2)n1. The van der Waals surface area contributed by atoms with Gasteiger partial charge in [0.05, 0.1) is 11.9 Å². The van der Waals surface area contributed by atoms with Crippen LogP contribution in [0.5, 0.6) is 5.75 Å². The highest BCUT2D eigenvalue weighted by atomic mass is 32.1. The number of aromatic nitrogens is 5. The summed E-state index contributed by atoms with van der Waals surface area (Å²) < 4.78 is 3.55. The van der Waals surface area contributed by atoms with Crippen LogP contribution in [0.4, 0.5) is 0 Å². The van der Waals surface area contributed by atoms with Crippen LogP contribution in [0.15, 0.2) is 35.4 Å². The van der Waals surface area contributed by atoms with Crippen LogP contribution in [0.2, 0.25) is 0 Å². The van der Waals surface area contributed by atoms with Crippen molar-refractivity contribution < 1.29 is 5.11 Å². The average Bonchev–Trinajstić information content (AvgIpc) is 3.00. The van der Waals surface area contributed by atoms with Gasteiger partial charge in [-0.15, -0.1) is 5.10 Å². The van der Waals surface area contributed by atoms with Gasteiger partial charge < -0.3 is 5.11 Å². The molecule has 0 bridgehead atoms. The van der Waals surface area contributed by atoms with Crippen molar-refractivity contribution in [3.05, 3.63) is 52.1 Å². The molecule has 0 spiro atoms. The van der Waals surface area contributed by atoms with Crippen molar-refractivity contribution >= 4 is 18.4 Å². The Morgan fingerprint density at radius 2 is 2.00 bits per heavy atom. The zero-order valence-electron chi connectivity index (χ0n) is 12.1. The third-order valence-electron chi connectivity index (χ3n) is 3.05. The van der Waals surface area contributed by atoms with Crippen LogP contribution in [0, 0.1) is 18.6 Å². The average molecular weight is 314 g/mol. The number of aromatic hydroxyl groups is 1. The molecule has 112 valence electrons. The van der Waals surface area contributed by atoms with Crippen LogP contribution in [0.25, 0.3) is 5.95 Å². The van der Waals surface area contributed by atoms with Gasteiger partial charge in [-0.2, -0.15) is 14.9 Å². The van der Waals surface area contributed by atoms with Crippen molar-refractivity contribution in [3.63, 3.8) is 0 Å². The van der Waals surface area contributed by atoms with Gasteiger partial charge in [0.1, 0.15) is 5.75 Å². The molecule has 0 atom stereocenters. The maximum absolute atomic E-state index is 9.29. The number of H-pyrrole nitrogens is 1. The summed E-state index contributed by atoms with van der Waals surface area (Å²) in [5, 5.41) is 24.9. The highest BCUT2D eigenvalue weighted by Crippen LogP contribution is 2.11. The normalized spacial score (nSPS) is 11.4. The molecule has 3 rings (SSSR count). The predicted molar refractivity (Wildman–Crippen MR) is 85.1 cm³/mol. The van der Waals surface area contributed by atoms with E-state index in [-0.39, 0.29) is 5.75 Å². The Balaban J connectivity index is 2.01. The van der Waals surface area contributed by atoms with Gasteiger partial charge in [-0.25, -0.2) is 9.78 Å². The van der Waals surface area contributed by atoms with Gasteiger partial charge in [0.25, 0.3) is 5.95 Å². The summed E-state index contributed by atoms with van der Waals surface area (Å²) in [6.07, 6.45) is 1.64. The number of aromatic amines is 1. The molecule has 0 aliphatic carbocycles. The lowest BCUT2D eigenvalue weighted by atomic mass is 10.2. The number of benzene rings is 1. The van der Waals surface area contributed by atoms with Gasteiger partial charge >= 0.3 is 0 Å². The maximum atomic E-state index is 9.29. The molecular formula is C14H14N6OS. The Labute approximate surface area is 131 Å². The fourth-order valence-electron chi connectivity index (χ4n) is 2.04. The van der Waals surface area contributed by atoms with Gasteiger partial charge in [0.15, 0.2) is 0 Å². The minimum Gasteiger partial charge on any atom is -0.508 e. The molecule has 22 heavy (non-hydrogen) atoms. The molecule has 0 fully saturated rings. The highest BCUT2D eigenvalue weighted by molar-refractivity contribution is 7.71. The van der Waals surface area contributed by atoms with E-state index < -0.39 is 0 Å². The largest absolute Gasteiger partial charge is 0.508 e. The maximum Gasteiger partial charge on any atom is 0.271 e. The Bertz CT molecular complexity index is 887. The Hall–Kier alpha value is -2.74. The topological polar surface area (TPSA) is 84.0 Å². The van der Waals surface area contributed by atoms with Crippen molar-refractivity contribution in [3.8, 4) is 11.7 Å². The molecule has 3 aromatic rings. The van der Waals surface area contributed by atoms with Crippen LogP contribution in [-0.4, -0.2) is 36.0 Å². The first-order valence-corrected chi connectivity index (χ1v) is 7.00. The van der Waals surface area contributed by atoms with E-state index >= 15 is 0 Å². The first-order valence-electron chi connectivity index (χ1n) is 6.59. The summed E-state index contributed by atoms with van der Waals surface area (Å²) in [6, 6.07) is 8.65. The zero-order chi connectivity index (χ0) is 15.7. The lowest BCUT2D eigenvalue weighted by molar-refractivity contribution is 0.475. The van der Waals surface area contributed by atoms with Gasteiger partial charge in [0, 0.05) is 5.69 Å². The Morgan fingerprint density at radius 1 is 1.27 bits per heavy atom. The number of phenols is 1. The first kappa shape index (κ1) is 14.2. The fourth-order valence-corrected chi connectivity index (χ4v) is 2.22. The van der Waals surface area contributed by atoms with E-state index in [0.717, 1.165) is 17.0 Å². The summed E-state index contributed by atoms with van der Waals surface area (Å²) in [6.45, 7) is 3.85. The van der Waals surface area contributed by atoms with Crippen molar-refractivity contribution in [2.45, 2.75) is 13.8 Å². The van der Waals surface area contributed by atoms with Crippen LogP contribution in [0.1, 0.15) is 17.0 Å². The molecule has 0 saturated heterocycles. The molecule has 0 aliphatic rings. The second-order valence-electron chi connectivity index (χ2n) is 4.82. The Morgan fingerprint density at radius 3 is 2.64 bits per heavy atom. The molecule has 0 amide bonds. The van der Waals surface area contributed by atoms with E-state index in [9.17, 15) is 5.11 Å². The van der Waals surface area contributed by atoms with Crippen molar-refractivity contribution in [2.24, 2.45) is 5.10 Å². The highest BCUT2D eigenvalue weighted by Gasteiger charge is 2.11. The number of rotatable bonds is 3. The summed E-state index contributed by atoms with van der Waals surface area (Å²) in [5.74, 6) is 0.700. The molecule has 7 nitrogen and oxygen atoms in total. The second kappa shape index (κ2) is 5.57. The molecule has 2 heterocycles. The number of nitrogens with zero attached hydrogens (tertiary/aromatic N) is 5. The smallest absolute Gasteiger partial charge is 0.271 e. The van der Waals surface area contributed by atoms with Crippen molar-refractivity contribution in [2.75, 3.05) is 0 Å². The molecule has 1 aromatic carbocycles. The minimum atomic E-state index is 0.209. The zero-order valence-corrected chi connectivity index (χ0v) is 12.9. The van der Waals surface area contributed by atoms with Crippen LogP contribution in [-0.2, 0) is 0 Å². The van der Waals surface area contributed by atoms with E-state index in [2.05, 4.69) is 20.4 Å². The number of hydrogen-bond acceptors (Lipinski definition) is 5. The molecule has 2 aromatic heterocycles. The van der Waals surface area contributed by atoms with Gasteiger partial charge in [0.2, 0.25) is 4.77 Å². The lowest BCUT2D eigenvalue weighted by Gasteiger charge is -2.02. The summed E-state index contributed by atoms with van der Waals surface area (Å²) in [7, 11) is 0. The molecular weight excluding hydrogens is 300 g/mol. The predicted octanol–water partition coefficient (Wildman–Crippen LogP) is 2.33. The molecule has 0 unspecified atom stereocenters. The fraction of sp³-hybridized carbons (Fsp3) is 0.143. The number of nitrogens with one attached hydrogen (secondary N) is 1. The molecule has 8 heteroatoms. The van der Waals surface area contributed by atoms with E-state index in [4.69, 9.17) is 12.2 Å². The molecule has 2 N–H and O–H groups in total. The monoisotopic (exact) mass is 314 g/mol. The van der Waals surface area contributed by atoms with Crippen molar-refractivity contribution in [1.29, 1.82) is 0 Å². The number of phenolic OH excluding ortho intramolecular Hbond substituents is 1.